The van der Waals surface area contributed by atoms with E-state index in [0.29, 0.717) is 5.69 Å². The number of halogens is 3. The lowest BCUT2D eigenvalue weighted by Crippen LogP contribution is -2.21. The average molecular weight is 285 g/mol. The second-order valence-electron chi connectivity index (χ2n) is 4.00. The van der Waals surface area contributed by atoms with Gasteiger partial charge in [0.2, 0.25) is 5.88 Å². The van der Waals surface area contributed by atoms with Crippen molar-refractivity contribution >= 4 is 6.03 Å². The molecule has 2 rings (SSSR count). The van der Waals surface area contributed by atoms with Crippen LogP contribution >= 0.6 is 0 Å². The van der Waals surface area contributed by atoms with Gasteiger partial charge in [-0.3, -0.25) is 0 Å². The molecule has 0 saturated heterocycles. The second-order valence-corrected chi connectivity index (χ2v) is 4.00. The Morgan fingerprint density at radius 2 is 2.05 bits per heavy atom. The first-order chi connectivity index (χ1) is 9.27. The van der Waals surface area contributed by atoms with E-state index in [4.69, 9.17) is 10.5 Å². The van der Waals surface area contributed by atoms with E-state index in [1.807, 2.05) is 0 Å². The molecule has 0 spiro atoms. The zero-order valence-electron chi connectivity index (χ0n) is 10.3. The van der Waals surface area contributed by atoms with Crippen molar-refractivity contribution in [1.82, 2.24) is 9.78 Å². The van der Waals surface area contributed by atoms with E-state index in [-0.39, 0.29) is 11.6 Å². The molecule has 0 saturated carbocycles. The minimum absolute atomic E-state index is 0.0133. The van der Waals surface area contributed by atoms with Crippen molar-refractivity contribution in [3.63, 3.8) is 0 Å². The smallest absolute Gasteiger partial charge is 0.416 e. The number of aromatic nitrogens is 2. The van der Waals surface area contributed by atoms with Crippen LogP contribution in [0.2, 0.25) is 0 Å². The van der Waals surface area contributed by atoms with E-state index in [9.17, 15) is 18.0 Å². The highest BCUT2D eigenvalue weighted by molar-refractivity contribution is 5.74. The van der Waals surface area contributed by atoms with Crippen LogP contribution in [0.15, 0.2) is 30.3 Å². The Balaban J connectivity index is 2.26. The normalized spacial score (nSPS) is 11.4. The zero-order valence-corrected chi connectivity index (χ0v) is 10.3. The number of alkyl halides is 3. The number of nitrogens with two attached hydrogens (primary N) is 1. The molecule has 1 amide bonds. The van der Waals surface area contributed by atoms with Gasteiger partial charge in [-0.25, -0.2) is 4.79 Å². The lowest BCUT2D eigenvalue weighted by Gasteiger charge is -2.08. The maximum atomic E-state index is 12.5. The summed E-state index contributed by atoms with van der Waals surface area (Å²) >= 11 is 0. The standard InChI is InChI=1S/C12H10F3N3O2/c1-7-5-10(17-18(7)11(16)19)20-9-4-2-3-8(6-9)12(13,14)15/h2-6H,1H3,(H2,16,19). The first-order valence-electron chi connectivity index (χ1n) is 5.49. The zero-order chi connectivity index (χ0) is 14.9. The maximum absolute atomic E-state index is 12.5. The molecule has 1 aromatic heterocycles. The Morgan fingerprint density at radius 3 is 2.60 bits per heavy atom. The Kier molecular flexibility index (Phi) is 3.39. The monoisotopic (exact) mass is 285 g/mol. The molecule has 20 heavy (non-hydrogen) atoms. The molecular weight excluding hydrogens is 275 g/mol. The highest BCUT2D eigenvalue weighted by Gasteiger charge is 2.30. The van der Waals surface area contributed by atoms with Gasteiger partial charge in [-0.05, 0) is 25.1 Å². The molecule has 0 aliphatic carbocycles. The first kappa shape index (κ1) is 13.9. The van der Waals surface area contributed by atoms with Crippen molar-refractivity contribution in [2.45, 2.75) is 13.1 Å². The fourth-order valence-electron chi connectivity index (χ4n) is 1.58. The summed E-state index contributed by atoms with van der Waals surface area (Å²) in [5.41, 5.74) is 4.64. The maximum Gasteiger partial charge on any atom is 0.416 e. The van der Waals surface area contributed by atoms with Gasteiger partial charge in [0.15, 0.2) is 0 Å². The van der Waals surface area contributed by atoms with Crippen LogP contribution < -0.4 is 10.5 Å². The highest BCUT2D eigenvalue weighted by atomic mass is 19.4. The molecule has 1 aromatic carbocycles. The van der Waals surface area contributed by atoms with Crippen LogP contribution in [0.25, 0.3) is 0 Å². The van der Waals surface area contributed by atoms with Gasteiger partial charge in [0.1, 0.15) is 5.75 Å². The van der Waals surface area contributed by atoms with Gasteiger partial charge in [0.25, 0.3) is 0 Å². The Bertz CT molecular complexity index is 650. The number of hydrogen-bond acceptors (Lipinski definition) is 3. The molecular formula is C12H10F3N3O2. The molecule has 5 nitrogen and oxygen atoms in total. The van der Waals surface area contributed by atoms with Crippen molar-refractivity contribution < 1.29 is 22.7 Å². The number of nitrogens with zero attached hydrogens (tertiary/aromatic N) is 2. The number of hydrogen-bond donors (Lipinski definition) is 1. The lowest BCUT2D eigenvalue weighted by atomic mass is 10.2. The van der Waals surface area contributed by atoms with Crippen molar-refractivity contribution in [2.75, 3.05) is 0 Å². The minimum Gasteiger partial charge on any atom is -0.438 e. The predicted octanol–water partition coefficient (Wildman–Crippen LogP) is 2.93. The average Bonchev–Trinajstić information content (AvgIpc) is 2.69. The third-order valence-corrected chi connectivity index (χ3v) is 2.46. The summed E-state index contributed by atoms with van der Waals surface area (Å²) in [6.45, 7) is 1.57. The summed E-state index contributed by atoms with van der Waals surface area (Å²) < 4.78 is 43.7. The fourth-order valence-corrected chi connectivity index (χ4v) is 1.58. The number of amides is 1. The molecule has 2 aromatic rings. The van der Waals surface area contributed by atoms with Gasteiger partial charge >= 0.3 is 12.2 Å². The van der Waals surface area contributed by atoms with Gasteiger partial charge in [-0.15, -0.1) is 5.10 Å². The number of carbonyl (C=O) groups is 1. The van der Waals surface area contributed by atoms with Gasteiger partial charge < -0.3 is 10.5 Å². The van der Waals surface area contributed by atoms with Crippen molar-refractivity contribution in [1.29, 1.82) is 0 Å². The predicted molar refractivity (Wildman–Crippen MR) is 63.5 cm³/mol. The number of aryl methyl sites for hydroxylation is 1. The highest BCUT2D eigenvalue weighted by Crippen LogP contribution is 2.32. The lowest BCUT2D eigenvalue weighted by molar-refractivity contribution is -0.137. The Morgan fingerprint density at radius 1 is 1.35 bits per heavy atom. The molecule has 0 bridgehead atoms. The van der Waals surface area contributed by atoms with Crippen LogP contribution in [0.4, 0.5) is 18.0 Å². The Hall–Kier alpha value is -2.51. The molecule has 0 fully saturated rings. The van der Waals surface area contributed by atoms with Crippen molar-refractivity contribution in [3.05, 3.63) is 41.6 Å². The number of rotatable bonds is 2. The van der Waals surface area contributed by atoms with Crippen LogP contribution in [0.5, 0.6) is 11.6 Å². The number of carbonyl (C=O) groups excluding carboxylic acids is 1. The van der Waals surface area contributed by atoms with E-state index in [2.05, 4.69) is 5.10 Å². The summed E-state index contributed by atoms with van der Waals surface area (Å²) in [7, 11) is 0. The SMILES string of the molecule is Cc1cc(Oc2cccc(C(F)(F)F)c2)nn1C(N)=O. The topological polar surface area (TPSA) is 70.1 Å². The molecule has 0 aliphatic rings. The third kappa shape index (κ3) is 2.90. The molecule has 2 N–H and O–H groups in total. The number of ether oxygens (including phenoxy) is 1. The van der Waals surface area contributed by atoms with E-state index >= 15 is 0 Å². The van der Waals surface area contributed by atoms with E-state index in [0.717, 1.165) is 16.8 Å². The Labute approximate surface area is 111 Å². The first-order valence-corrected chi connectivity index (χ1v) is 5.49. The van der Waals surface area contributed by atoms with Gasteiger partial charge in [0.05, 0.1) is 11.3 Å². The second kappa shape index (κ2) is 4.87. The van der Waals surface area contributed by atoms with Crippen molar-refractivity contribution in [2.24, 2.45) is 5.73 Å². The summed E-state index contributed by atoms with van der Waals surface area (Å²) in [6, 6.07) is 4.94. The van der Waals surface area contributed by atoms with Crippen LogP contribution in [0, 0.1) is 6.92 Å². The van der Waals surface area contributed by atoms with E-state index in [1.165, 1.54) is 18.2 Å². The molecule has 1 heterocycles. The largest absolute Gasteiger partial charge is 0.438 e. The molecule has 106 valence electrons. The van der Waals surface area contributed by atoms with Gasteiger partial charge in [-0.1, -0.05) is 6.07 Å². The van der Waals surface area contributed by atoms with Gasteiger partial charge in [0, 0.05) is 6.07 Å². The molecule has 0 unspecified atom stereocenters. The molecule has 8 heteroatoms. The molecule has 0 atom stereocenters. The molecule has 0 aliphatic heterocycles. The quantitative estimate of drug-likeness (QED) is 0.922. The summed E-state index contributed by atoms with van der Waals surface area (Å²) in [5, 5.41) is 3.74. The number of benzene rings is 1. The van der Waals surface area contributed by atoms with E-state index in [1.54, 1.807) is 6.92 Å². The van der Waals surface area contributed by atoms with Crippen LogP contribution in [0.1, 0.15) is 11.3 Å². The summed E-state index contributed by atoms with van der Waals surface area (Å²) in [6.07, 6.45) is -4.46. The fraction of sp³-hybridized carbons (Fsp3) is 0.167. The van der Waals surface area contributed by atoms with Crippen molar-refractivity contribution in [3.8, 4) is 11.6 Å². The van der Waals surface area contributed by atoms with E-state index < -0.39 is 17.8 Å². The van der Waals surface area contributed by atoms with Gasteiger partial charge in [-0.2, -0.15) is 17.9 Å². The summed E-state index contributed by atoms with van der Waals surface area (Å²) in [4.78, 5) is 11.0. The third-order valence-electron chi connectivity index (χ3n) is 2.46. The number of primary amides is 1. The van der Waals surface area contributed by atoms with Crippen LogP contribution in [0.3, 0.4) is 0 Å². The van der Waals surface area contributed by atoms with Crippen LogP contribution in [-0.4, -0.2) is 15.8 Å². The summed E-state index contributed by atoms with van der Waals surface area (Å²) in [5.74, 6) is -0.0467. The van der Waals surface area contributed by atoms with Crippen LogP contribution in [-0.2, 0) is 6.18 Å². The molecule has 0 radical (unpaired) electrons. The minimum atomic E-state index is -4.46.